The van der Waals surface area contributed by atoms with E-state index < -0.39 is 0 Å². The van der Waals surface area contributed by atoms with Crippen molar-refractivity contribution in [3.63, 3.8) is 0 Å². The fourth-order valence-electron chi connectivity index (χ4n) is 5.12. The lowest BCUT2D eigenvalue weighted by molar-refractivity contribution is -0.130. The second-order valence-electron chi connectivity index (χ2n) is 8.20. The molecular formula is C22H29N3O. The third kappa shape index (κ3) is 3.25. The van der Waals surface area contributed by atoms with Gasteiger partial charge < -0.3 is 10.2 Å². The molecule has 4 heteroatoms. The van der Waals surface area contributed by atoms with Crippen LogP contribution < -0.4 is 5.32 Å². The van der Waals surface area contributed by atoms with E-state index in [1.54, 1.807) is 32.7 Å². The molecule has 0 spiro atoms. The van der Waals surface area contributed by atoms with Crippen molar-refractivity contribution < 1.29 is 4.79 Å². The van der Waals surface area contributed by atoms with Crippen molar-refractivity contribution in [1.29, 1.82) is 5.26 Å². The Bertz CT molecular complexity index is 716. The smallest absolute Gasteiger partial charge is 0.237 e. The number of hydrogen-bond acceptors (Lipinski definition) is 3. The number of benzene rings is 1. The van der Waals surface area contributed by atoms with Crippen LogP contribution in [0.1, 0.15) is 60.4 Å². The van der Waals surface area contributed by atoms with Crippen LogP contribution in [-0.4, -0.2) is 36.0 Å². The zero-order valence-electron chi connectivity index (χ0n) is 15.8. The van der Waals surface area contributed by atoms with Crippen molar-refractivity contribution in [3.8, 4) is 6.07 Å². The third-order valence-electron chi connectivity index (χ3n) is 6.43. The van der Waals surface area contributed by atoms with Gasteiger partial charge in [-0.1, -0.05) is 6.07 Å². The first-order valence-electron chi connectivity index (χ1n) is 10.2. The van der Waals surface area contributed by atoms with Crippen LogP contribution >= 0.6 is 0 Å². The van der Waals surface area contributed by atoms with Crippen LogP contribution in [0.15, 0.2) is 6.07 Å². The molecule has 1 fully saturated rings. The summed E-state index contributed by atoms with van der Waals surface area (Å²) in [5, 5.41) is 12.6. The molecule has 1 saturated heterocycles. The Balaban J connectivity index is 1.41. The van der Waals surface area contributed by atoms with E-state index in [4.69, 9.17) is 0 Å². The number of aryl methyl sites for hydroxylation is 2. The summed E-state index contributed by atoms with van der Waals surface area (Å²) in [7, 11) is 0. The van der Waals surface area contributed by atoms with Gasteiger partial charge in [0.05, 0.1) is 12.6 Å². The molecule has 4 rings (SSSR count). The van der Waals surface area contributed by atoms with Gasteiger partial charge in [0.25, 0.3) is 0 Å². The Kier molecular flexibility index (Phi) is 5.00. The van der Waals surface area contributed by atoms with E-state index in [9.17, 15) is 10.1 Å². The van der Waals surface area contributed by atoms with E-state index >= 15 is 0 Å². The molecule has 3 aliphatic rings. The summed E-state index contributed by atoms with van der Waals surface area (Å²) in [6.45, 7) is 3.26. The number of rotatable bonds is 5. The van der Waals surface area contributed by atoms with E-state index in [0.29, 0.717) is 6.54 Å². The maximum absolute atomic E-state index is 12.5. The lowest BCUT2D eigenvalue weighted by Crippen LogP contribution is -2.43. The van der Waals surface area contributed by atoms with Crippen LogP contribution in [-0.2, 0) is 36.9 Å². The van der Waals surface area contributed by atoms with E-state index in [1.165, 1.54) is 38.5 Å². The summed E-state index contributed by atoms with van der Waals surface area (Å²) in [6, 6.07) is 4.79. The minimum absolute atomic E-state index is 0.0735. The van der Waals surface area contributed by atoms with E-state index in [2.05, 4.69) is 24.4 Å². The molecule has 1 amide bonds. The SMILES string of the molecule is CC(Cc1c2c(cc3c1CCC3)CCC2)NCC(=O)N1CCCC1C#N. The van der Waals surface area contributed by atoms with Gasteiger partial charge in [-0.15, -0.1) is 0 Å². The summed E-state index contributed by atoms with van der Waals surface area (Å²) >= 11 is 0. The second-order valence-corrected chi connectivity index (χ2v) is 8.20. The number of likely N-dealkylation sites (tertiary alicyclic amines) is 1. The van der Waals surface area contributed by atoms with Crippen LogP contribution in [0, 0.1) is 11.3 Å². The minimum atomic E-state index is -0.222. The highest BCUT2D eigenvalue weighted by Gasteiger charge is 2.29. The molecule has 138 valence electrons. The summed E-state index contributed by atoms with van der Waals surface area (Å²) in [6.07, 6.45) is 10.3. The molecule has 4 nitrogen and oxygen atoms in total. The summed E-state index contributed by atoms with van der Waals surface area (Å²) in [4.78, 5) is 14.2. The number of nitrogens with zero attached hydrogens (tertiary/aromatic N) is 2. The lowest BCUT2D eigenvalue weighted by Gasteiger charge is -2.23. The largest absolute Gasteiger partial charge is 0.326 e. The van der Waals surface area contributed by atoms with Crippen molar-refractivity contribution in [1.82, 2.24) is 10.2 Å². The van der Waals surface area contributed by atoms with Crippen LogP contribution in [0.25, 0.3) is 0 Å². The predicted octanol–water partition coefficient (Wildman–Crippen LogP) is 2.70. The van der Waals surface area contributed by atoms with Crippen LogP contribution in [0.2, 0.25) is 0 Å². The first kappa shape index (κ1) is 17.5. The molecular weight excluding hydrogens is 322 g/mol. The second kappa shape index (κ2) is 7.40. The van der Waals surface area contributed by atoms with Gasteiger partial charge >= 0.3 is 0 Å². The molecule has 2 aliphatic carbocycles. The van der Waals surface area contributed by atoms with E-state index in [-0.39, 0.29) is 18.0 Å². The third-order valence-corrected chi connectivity index (χ3v) is 6.43. The quantitative estimate of drug-likeness (QED) is 0.887. The molecule has 2 unspecified atom stereocenters. The van der Waals surface area contributed by atoms with Crippen LogP contribution in [0.5, 0.6) is 0 Å². The molecule has 1 aromatic rings. The molecule has 0 radical (unpaired) electrons. The van der Waals surface area contributed by atoms with Crippen molar-refractivity contribution in [2.24, 2.45) is 0 Å². The standard InChI is InChI=1S/C22H29N3O/c1-15(24-14-22(26)25-10-4-7-18(25)13-23)11-21-19-8-2-5-16(19)12-17-6-3-9-20(17)21/h12,15,18,24H,2-11,14H2,1H3. The maximum Gasteiger partial charge on any atom is 0.237 e. The number of nitrogens with one attached hydrogen (secondary N) is 1. The molecule has 26 heavy (non-hydrogen) atoms. The molecule has 1 aromatic carbocycles. The first-order valence-corrected chi connectivity index (χ1v) is 10.2. The highest BCUT2D eigenvalue weighted by molar-refractivity contribution is 5.79. The van der Waals surface area contributed by atoms with Crippen LogP contribution in [0.4, 0.5) is 0 Å². The predicted molar refractivity (Wildman–Crippen MR) is 102 cm³/mol. The molecule has 2 atom stereocenters. The van der Waals surface area contributed by atoms with Crippen molar-refractivity contribution >= 4 is 5.91 Å². The van der Waals surface area contributed by atoms with Gasteiger partial charge in [0.15, 0.2) is 0 Å². The Morgan fingerprint density at radius 1 is 1.23 bits per heavy atom. The monoisotopic (exact) mass is 351 g/mol. The van der Waals surface area contributed by atoms with Crippen molar-refractivity contribution in [3.05, 3.63) is 33.9 Å². The van der Waals surface area contributed by atoms with E-state index in [0.717, 1.165) is 25.8 Å². The normalized spacial score (nSPS) is 22.2. The first-order chi connectivity index (χ1) is 12.7. The minimum Gasteiger partial charge on any atom is -0.326 e. The molecule has 1 aliphatic heterocycles. The van der Waals surface area contributed by atoms with Gasteiger partial charge in [-0.2, -0.15) is 5.26 Å². The Labute approximate surface area is 156 Å². The summed E-state index contributed by atoms with van der Waals surface area (Å²) in [5.74, 6) is 0.0735. The number of hydrogen-bond donors (Lipinski definition) is 1. The van der Waals surface area contributed by atoms with Crippen LogP contribution in [0.3, 0.4) is 0 Å². The average Bonchev–Trinajstić information content (AvgIpc) is 3.38. The van der Waals surface area contributed by atoms with Gasteiger partial charge in [0.1, 0.15) is 6.04 Å². The number of fused-ring (bicyclic) bond motifs is 2. The van der Waals surface area contributed by atoms with Gasteiger partial charge in [-0.05, 0) is 92.5 Å². The number of amides is 1. The zero-order valence-corrected chi connectivity index (χ0v) is 15.8. The number of nitriles is 1. The van der Waals surface area contributed by atoms with Gasteiger partial charge in [0.2, 0.25) is 5.91 Å². The highest BCUT2D eigenvalue weighted by atomic mass is 16.2. The topological polar surface area (TPSA) is 56.1 Å². The van der Waals surface area contributed by atoms with Gasteiger partial charge in [-0.25, -0.2) is 0 Å². The average molecular weight is 351 g/mol. The van der Waals surface area contributed by atoms with Crippen molar-refractivity contribution in [2.45, 2.75) is 76.8 Å². The molecule has 0 aromatic heterocycles. The molecule has 1 heterocycles. The Morgan fingerprint density at radius 2 is 1.92 bits per heavy atom. The van der Waals surface area contributed by atoms with Crippen molar-refractivity contribution in [2.75, 3.05) is 13.1 Å². The number of carbonyl (C=O) groups excluding carboxylic acids is 1. The fourth-order valence-corrected chi connectivity index (χ4v) is 5.12. The molecule has 0 bridgehead atoms. The highest BCUT2D eigenvalue weighted by Crippen LogP contribution is 2.35. The van der Waals surface area contributed by atoms with E-state index in [1.807, 2.05) is 0 Å². The summed E-state index contributed by atoms with van der Waals surface area (Å²) < 4.78 is 0. The molecule has 1 N–H and O–H groups in total. The number of carbonyl (C=O) groups is 1. The Morgan fingerprint density at radius 3 is 2.58 bits per heavy atom. The van der Waals surface area contributed by atoms with Gasteiger partial charge in [0, 0.05) is 12.6 Å². The lowest BCUT2D eigenvalue weighted by atomic mass is 9.90. The molecule has 0 saturated carbocycles. The zero-order chi connectivity index (χ0) is 18.1. The Hall–Kier alpha value is -1.86. The maximum atomic E-state index is 12.5. The van der Waals surface area contributed by atoms with Gasteiger partial charge in [-0.3, -0.25) is 4.79 Å². The fraction of sp³-hybridized carbons (Fsp3) is 0.636. The summed E-state index contributed by atoms with van der Waals surface area (Å²) in [5.41, 5.74) is 7.95.